The maximum Gasteiger partial charge on any atom is 0.398 e. The lowest BCUT2D eigenvalue weighted by Crippen LogP contribution is -2.30. The molecule has 0 unspecified atom stereocenters. The molecular formula is C24H26ClF3N2O. The molecule has 3 nitrogen and oxygen atoms in total. The molecule has 0 atom stereocenters. The molecule has 1 aromatic carbocycles. The highest BCUT2D eigenvalue weighted by atomic mass is 35.5. The Bertz CT molecular complexity index is 987. The Morgan fingerprint density at radius 1 is 1.06 bits per heavy atom. The molecule has 1 amide bonds. The first kappa shape index (κ1) is 22.1. The summed E-state index contributed by atoms with van der Waals surface area (Å²) in [5.41, 5.74) is 7.49. The SMILES string of the molecule is NC(C1=CCCCC1)=C1CCCCC1=NC(=O)c1c(Cl)cccc1C1(C(F)(F)F)CC1. The van der Waals surface area contributed by atoms with Crippen LogP contribution in [-0.2, 0) is 5.41 Å². The third-order valence-electron chi connectivity index (χ3n) is 6.67. The van der Waals surface area contributed by atoms with Crippen molar-refractivity contribution in [3.05, 3.63) is 57.3 Å². The van der Waals surface area contributed by atoms with Crippen molar-refractivity contribution in [3.8, 4) is 0 Å². The number of allylic oxidation sites excluding steroid dienone is 3. The molecule has 0 spiro atoms. The second-order valence-electron chi connectivity index (χ2n) is 8.68. The van der Waals surface area contributed by atoms with Gasteiger partial charge in [0.1, 0.15) is 0 Å². The van der Waals surface area contributed by atoms with Crippen LogP contribution in [0.3, 0.4) is 0 Å². The summed E-state index contributed by atoms with van der Waals surface area (Å²) in [5, 5.41) is 0.00618. The molecule has 0 aliphatic heterocycles. The molecule has 3 aliphatic rings. The van der Waals surface area contributed by atoms with Gasteiger partial charge in [0.15, 0.2) is 0 Å². The lowest BCUT2D eigenvalue weighted by atomic mass is 9.86. The number of amides is 1. The van der Waals surface area contributed by atoms with E-state index in [4.69, 9.17) is 17.3 Å². The molecule has 2 fully saturated rings. The van der Waals surface area contributed by atoms with E-state index < -0.39 is 17.5 Å². The van der Waals surface area contributed by atoms with Gasteiger partial charge < -0.3 is 5.73 Å². The van der Waals surface area contributed by atoms with Crippen molar-refractivity contribution in [3.63, 3.8) is 0 Å². The van der Waals surface area contributed by atoms with Gasteiger partial charge in [-0.15, -0.1) is 0 Å². The summed E-state index contributed by atoms with van der Waals surface area (Å²) in [5.74, 6) is -0.712. The predicted octanol–water partition coefficient (Wildman–Crippen LogP) is 6.80. The molecule has 1 aromatic rings. The second-order valence-corrected chi connectivity index (χ2v) is 9.09. The molecular weight excluding hydrogens is 425 g/mol. The van der Waals surface area contributed by atoms with Crippen LogP contribution >= 0.6 is 11.6 Å². The summed E-state index contributed by atoms with van der Waals surface area (Å²) in [4.78, 5) is 17.5. The van der Waals surface area contributed by atoms with Crippen molar-refractivity contribution in [2.75, 3.05) is 0 Å². The summed E-state index contributed by atoms with van der Waals surface area (Å²) in [6, 6.07) is 4.27. The fraction of sp³-hybridized carbons (Fsp3) is 0.500. The van der Waals surface area contributed by atoms with E-state index in [1.165, 1.54) is 18.2 Å². The van der Waals surface area contributed by atoms with Gasteiger partial charge in [-0.3, -0.25) is 4.79 Å². The fourth-order valence-corrected chi connectivity index (χ4v) is 4.98. The molecule has 7 heteroatoms. The maximum atomic E-state index is 13.8. The lowest BCUT2D eigenvalue weighted by Gasteiger charge is -2.24. The van der Waals surface area contributed by atoms with Gasteiger partial charge in [0, 0.05) is 11.4 Å². The van der Waals surface area contributed by atoms with Crippen LogP contribution in [0.2, 0.25) is 5.02 Å². The smallest absolute Gasteiger partial charge is 0.398 e. The number of aliphatic imine (C=N–C) groups is 1. The zero-order valence-electron chi connectivity index (χ0n) is 17.3. The number of hydrogen-bond donors (Lipinski definition) is 1. The number of nitrogens with two attached hydrogens (primary N) is 1. The molecule has 0 aromatic heterocycles. The molecule has 0 bridgehead atoms. The molecule has 166 valence electrons. The molecule has 0 heterocycles. The van der Waals surface area contributed by atoms with Crippen molar-refractivity contribution in [1.82, 2.24) is 0 Å². The van der Waals surface area contributed by atoms with Crippen LogP contribution in [0.15, 0.2) is 46.1 Å². The van der Waals surface area contributed by atoms with E-state index in [1.807, 2.05) is 0 Å². The van der Waals surface area contributed by atoms with E-state index in [0.717, 1.165) is 56.1 Å². The zero-order valence-corrected chi connectivity index (χ0v) is 18.1. The molecule has 0 saturated heterocycles. The van der Waals surface area contributed by atoms with Gasteiger partial charge in [-0.25, -0.2) is 4.99 Å². The fourth-order valence-electron chi connectivity index (χ4n) is 4.73. The summed E-state index contributed by atoms with van der Waals surface area (Å²) < 4.78 is 41.3. The molecule has 31 heavy (non-hydrogen) atoms. The minimum absolute atomic E-state index is 0.00618. The van der Waals surface area contributed by atoms with E-state index in [9.17, 15) is 18.0 Å². The minimum Gasteiger partial charge on any atom is -0.398 e. The van der Waals surface area contributed by atoms with E-state index >= 15 is 0 Å². The number of carbonyl (C=O) groups is 1. The molecule has 3 aliphatic carbocycles. The Kier molecular flexibility index (Phi) is 6.03. The van der Waals surface area contributed by atoms with Crippen LogP contribution in [-0.4, -0.2) is 17.8 Å². The molecule has 2 saturated carbocycles. The van der Waals surface area contributed by atoms with Crippen LogP contribution in [0, 0.1) is 0 Å². The van der Waals surface area contributed by atoms with Crippen LogP contribution in [0.4, 0.5) is 13.2 Å². The number of rotatable bonds is 3. The largest absolute Gasteiger partial charge is 0.398 e. The van der Waals surface area contributed by atoms with Gasteiger partial charge in [-0.05, 0) is 87.0 Å². The number of alkyl halides is 3. The summed E-state index contributed by atoms with van der Waals surface area (Å²) in [6.07, 6.45) is 4.84. The number of benzene rings is 1. The van der Waals surface area contributed by atoms with E-state index in [-0.39, 0.29) is 29.0 Å². The average molecular weight is 451 g/mol. The number of nitrogens with zero attached hydrogens (tertiary/aromatic N) is 1. The van der Waals surface area contributed by atoms with Crippen LogP contribution in [0.5, 0.6) is 0 Å². The van der Waals surface area contributed by atoms with Crippen LogP contribution in [0.25, 0.3) is 0 Å². The normalized spacial score (nSPS) is 24.0. The highest BCUT2D eigenvalue weighted by Crippen LogP contribution is 2.60. The van der Waals surface area contributed by atoms with Gasteiger partial charge >= 0.3 is 6.18 Å². The van der Waals surface area contributed by atoms with Crippen LogP contribution in [0.1, 0.15) is 80.1 Å². The monoisotopic (exact) mass is 450 g/mol. The van der Waals surface area contributed by atoms with Crippen molar-refractivity contribution in [2.45, 2.75) is 75.8 Å². The Morgan fingerprint density at radius 2 is 1.77 bits per heavy atom. The second kappa shape index (κ2) is 8.45. The predicted molar refractivity (Wildman–Crippen MR) is 116 cm³/mol. The van der Waals surface area contributed by atoms with E-state index in [1.54, 1.807) is 0 Å². The first-order valence-corrected chi connectivity index (χ1v) is 11.3. The third kappa shape index (κ3) is 4.19. The first-order chi connectivity index (χ1) is 14.7. The van der Waals surface area contributed by atoms with E-state index in [2.05, 4.69) is 11.1 Å². The highest BCUT2D eigenvalue weighted by molar-refractivity contribution is 6.34. The van der Waals surface area contributed by atoms with E-state index in [0.29, 0.717) is 17.8 Å². The Balaban J connectivity index is 1.74. The Hall–Kier alpha value is -2.08. The number of halogens is 4. The molecule has 0 radical (unpaired) electrons. The quantitative estimate of drug-likeness (QED) is 0.550. The number of hydrogen-bond acceptors (Lipinski definition) is 2. The standard InChI is InChI=1S/C24H26ClF3N2O/c25-18-11-6-10-17(23(13-14-23)24(26,27)28)20(18)22(31)30-19-12-5-4-9-16(19)21(29)15-7-2-1-3-8-15/h6-7,10-11H,1-5,8-9,12-14,29H2. The maximum absolute atomic E-state index is 13.8. The number of carbonyl (C=O) groups excluding carboxylic acids is 1. The van der Waals surface area contributed by atoms with Crippen molar-refractivity contribution in [2.24, 2.45) is 10.7 Å². The zero-order chi connectivity index (χ0) is 22.2. The molecule has 2 N–H and O–H groups in total. The lowest BCUT2D eigenvalue weighted by molar-refractivity contribution is -0.160. The van der Waals surface area contributed by atoms with Crippen molar-refractivity contribution < 1.29 is 18.0 Å². The van der Waals surface area contributed by atoms with Crippen LogP contribution < -0.4 is 5.73 Å². The minimum atomic E-state index is -4.44. The van der Waals surface area contributed by atoms with Gasteiger partial charge in [0.2, 0.25) is 0 Å². The average Bonchev–Trinajstić information content (AvgIpc) is 3.56. The van der Waals surface area contributed by atoms with Gasteiger partial charge in [-0.2, -0.15) is 13.2 Å². The van der Waals surface area contributed by atoms with Crippen molar-refractivity contribution >= 4 is 23.2 Å². The van der Waals surface area contributed by atoms with Gasteiger partial charge in [-0.1, -0.05) is 29.8 Å². The van der Waals surface area contributed by atoms with Gasteiger partial charge in [0.05, 0.1) is 16.0 Å². The summed E-state index contributed by atoms with van der Waals surface area (Å²) in [6.45, 7) is 0. The van der Waals surface area contributed by atoms with Crippen molar-refractivity contribution in [1.29, 1.82) is 0 Å². The third-order valence-corrected chi connectivity index (χ3v) is 6.99. The highest BCUT2D eigenvalue weighted by Gasteiger charge is 2.65. The molecule has 4 rings (SSSR count). The first-order valence-electron chi connectivity index (χ1n) is 10.9. The summed E-state index contributed by atoms with van der Waals surface area (Å²) in [7, 11) is 0. The Labute approximate surface area is 185 Å². The topological polar surface area (TPSA) is 55.4 Å². The summed E-state index contributed by atoms with van der Waals surface area (Å²) >= 11 is 6.24. The van der Waals surface area contributed by atoms with Gasteiger partial charge in [0.25, 0.3) is 5.91 Å². The Morgan fingerprint density at radius 3 is 2.42 bits per heavy atom.